The summed E-state index contributed by atoms with van der Waals surface area (Å²) in [6, 6.07) is 14.8. The Bertz CT molecular complexity index is 952. The molecular weight excluding hydrogens is 328 g/mol. The highest BCUT2D eigenvalue weighted by Crippen LogP contribution is 2.21. The summed E-state index contributed by atoms with van der Waals surface area (Å²) in [5.41, 5.74) is 3.25. The van der Waals surface area contributed by atoms with Crippen molar-refractivity contribution < 1.29 is 9.21 Å². The number of nitrogens with one attached hydrogen (secondary N) is 1. The van der Waals surface area contributed by atoms with E-state index in [1.807, 2.05) is 50.2 Å². The van der Waals surface area contributed by atoms with Crippen LogP contribution in [0, 0.1) is 11.3 Å². The molecule has 3 rings (SSSR count). The summed E-state index contributed by atoms with van der Waals surface area (Å²) in [6.07, 6.45) is 0. The van der Waals surface area contributed by atoms with E-state index in [1.54, 1.807) is 18.2 Å². The van der Waals surface area contributed by atoms with Crippen LogP contribution in [-0.4, -0.2) is 31.5 Å². The van der Waals surface area contributed by atoms with E-state index in [9.17, 15) is 4.79 Å². The largest absolute Gasteiger partial charge is 0.440 e. The Morgan fingerprint density at radius 2 is 2.08 bits per heavy atom. The zero-order valence-electron chi connectivity index (χ0n) is 15.0. The van der Waals surface area contributed by atoms with Crippen molar-refractivity contribution in [3.63, 3.8) is 0 Å². The Balaban J connectivity index is 1.72. The molecular formula is C20H20N4O2. The number of oxazole rings is 1. The van der Waals surface area contributed by atoms with Crippen LogP contribution in [0.4, 0.5) is 5.69 Å². The molecule has 3 aromatic rings. The van der Waals surface area contributed by atoms with Crippen LogP contribution in [0.15, 0.2) is 46.9 Å². The molecule has 0 bridgehead atoms. The number of nitriles is 1. The number of fused-ring (bicyclic) bond motifs is 1. The maximum absolute atomic E-state index is 12.5. The van der Waals surface area contributed by atoms with Gasteiger partial charge in [0.15, 0.2) is 11.5 Å². The number of hydrogen-bond acceptors (Lipinski definition) is 5. The van der Waals surface area contributed by atoms with Gasteiger partial charge in [-0.3, -0.25) is 4.79 Å². The van der Waals surface area contributed by atoms with Crippen LogP contribution in [0.3, 0.4) is 0 Å². The number of rotatable bonds is 5. The third kappa shape index (κ3) is 3.67. The van der Waals surface area contributed by atoms with Gasteiger partial charge in [0.05, 0.1) is 17.6 Å². The summed E-state index contributed by atoms with van der Waals surface area (Å²) >= 11 is 0. The lowest BCUT2D eigenvalue weighted by molar-refractivity contribution is 0.0951. The molecule has 6 nitrogen and oxygen atoms in total. The fourth-order valence-electron chi connectivity index (χ4n) is 2.60. The highest BCUT2D eigenvalue weighted by Gasteiger charge is 2.16. The van der Waals surface area contributed by atoms with Crippen LogP contribution in [-0.2, 0) is 0 Å². The fraction of sp³-hybridized carbons (Fsp3) is 0.250. The first kappa shape index (κ1) is 17.5. The van der Waals surface area contributed by atoms with E-state index < -0.39 is 0 Å². The lowest BCUT2D eigenvalue weighted by Gasteiger charge is -2.15. The molecule has 0 saturated carbocycles. The van der Waals surface area contributed by atoms with E-state index in [0.29, 0.717) is 23.6 Å². The summed E-state index contributed by atoms with van der Waals surface area (Å²) in [5.74, 6) is 0.290. The second kappa shape index (κ2) is 7.28. The minimum atomic E-state index is -0.229. The lowest BCUT2D eigenvalue weighted by atomic mass is 10.1. The summed E-state index contributed by atoms with van der Waals surface area (Å²) in [7, 11) is 3.74. The van der Waals surface area contributed by atoms with E-state index in [2.05, 4.69) is 16.4 Å². The van der Waals surface area contributed by atoms with Gasteiger partial charge in [0.1, 0.15) is 5.52 Å². The molecule has 0 fully saturated rings. The predicted octanol–water partition coefficient (Wildman–Crippen LogP) is 3.30. The van der Waals surface area contributed by atoms with E-state index in [-0.39, 0.29) is 11.8 Å². The van der Waals surface area contributed by atoms with Crippen molar-refractivity contribution in [1.82, 2.24) is 10.3 Å². The molecule has 1 atom stereocenters. The summed E-state index contributed by atoms with van der Waals surface area (Å²) in [5, 5.41) is 12.1. The quantitative estimate of drug-likeness (QED) is 0.765. The Hall–Kier alpha value is -3.33. The molecule has 1 heterocycles. The van der Waals surface area contributed by atoms with E-state index in [4.69, 9.17) is 9.68 Å². The van der Waals surface area contributed by atoms with E-state index in [0.717, 1.165) is 16.8 Å². The Morgan fingerprint density at radius 1 is 1.31 bits per heavy atom. The predicted molar refractivity (Wildman–Crippen MR) is 100 cm³/mol. The number of carbonyl (C=O) groups excluding carboxylic acids is 1. The van der Waals surface area contributed by atoms with Gasteiger partial charge in [-0.1, -0.05) is 19.1 Å². The first-order chi connectivity index (χ1) is 12.5. The van der Waals surface area contributed by atoms with Crippen LogP contribution in [0.1, 0.15) is 34.7 Å². The molecule has 0 aliphatic carbocycles. The molecule has 1 unspecified atom stereocenters. The number of aromatic nitrogens is 1. The monoisotopic (exact) mass is 348 g/mol. The van der Waals surface area contributed by atoms with Crippen molar-refractivity contribution >= 4 is 22.7 Å². The maximum atomic E-state index is 12.5. The SMILES string of the molecule is CC(CNC(=O)c1cc(C#N)cc(N(C)C)c1)c1nc2ccccc2o1. The van der Waals surface area contributed by atoms with Crippen molar-refractivity contribution in [1.29, 1.82) is 5.26 Å². The van der Waals surface area contributed by atoms with Gasteiger partial charge in [0.2, 0.25) is 0 Å². The molecule has 0 spiro atoms. The second-order valence-electron chi connectivity index (χ2n) is 6.41. The molecule has 0 radical (unpaired) electrons. The summed E-state index contributed by atoms with van der Waals surface area (Å²) in [4.78, 5) is 18.8. The van der Waals surface area contributed by atoms with Crippen LogP contribution >= 0.6 is 0 Å². The normalized spacial score (nSPS) is 11.8. The molecule has 26 heavy (non-hydrogen) atoms. The topological polar surface area (TPSA) is 82.2 Å². The minimum absolute atomic E-state index is 0.0705. The van der Waals surface area contributed by atoms with Gasteiger partial charge in [-0.05, 0) is 30.3 Å². The van der Waals surface area contributed by atoms with Crippen molar-refractivity contribution in [3.05, 3.63) is 59.5 Å². The molecule has 1 amide bonds. The minimum Gasteiger partial charge on any atom is -0.440 e. The molecule has 6 heteroatoms. The summed E-state index contributed by atoms with van der Waals surface area (Å²) < 4.78 is 5.74. The molecule has 1 aromatic heterocycles. The molecule has 0 aliphatic heterocycles. The average molecular weight is 348 g/mol. The number of benzene rings is 2. The van der Waals surface area contributed by atoms with Crippen molar-refractivity contribution in [2.24, 2.45) is 0 Å². The number of para-hydroxylation sites is 2. The Kier molecular flexibility index (Phi) is 4.90. The number of hydrogen-bond donors (Lipinski definition) is 1. The zero-order valence-corrected chi connectivity index (χ0v) is 15.0. The van der Waals surface area contributed by atoms with Crippen LogP contribution in [0.5, 0.6) is 0 Å². The average Bonchev–Trinajstić information content (AvgIpc) is 3.09. The smallest absolute Gasteiger partial charge is 0.251 e. The van der Waals surface area contributed by atoms with Crippen molar-refractivity contribution in [2.75, 3.05) is 25.5 Å². The summed E-state index contributed by atoms with van der Waals surface area (Å²) in [6.45, 7) is 2.33. The molecule has 0 aliphatic rings. The highest BCUT2D eigenvalue weighted by atomic mass is 16.3. The van der Waals surface area contributed by atoms with Gasteiger partial charge in [0, 0.05) is 31.9 Å². The van der Waals surface area contributed by atoms with Crippen LogP contribution in [0.2, 0.25) is 0 Å². The first-order valence-corrected chi connectivity index (χ1v) is 8.34. The van der Waals surface area contributed by atoms with E-state index in [1.165, 1.54) is 0 Å². The lowest BCUT2D eigenvalue weighted by Crippen LogP contribution is -2.28. The zero-order chi connectivity index (χ0) is 18.7. The van der Waals surface area contributed by atoms with Gasteiger partial charge in [-0.15, -0.1) is 0 Å². The van der Waals surface area contributed by atoms with Crippen molar-refractivity contribution in [2.45, 2.75) is 12.8 Å². The fourth-order valence-corrected chi connectivity index (χ4v) is 2.60. The van der Waals surface area contributed by atoms with Gasteiger partial charge >= 0.3 is 0 Å². The molecule has 0 saturated heterocycles. The third-order valence-corrected chi connectivity index (χ3v) is 4.13. The van der Waals surface area contributed by atoms with Gasteiger partial charge in [0.25, 0.3) is 5.91 Å². The van der Waals surface area contributed by atoms with Gasteiger partial charge in [-0.25, -0.2) is 4.98 Å². The Morgan fingerprint density at radius 3 is 2.77 bits per heavy atom. The molecule has 1 N–H and O–H groups in total. The van der Waals surface area contributed by atoms with Gasteiger partial charge < -0.3 is 14.6 Å². The Labute approximate surface area is 152 Å². The number of amides is 1. The standard InChI is InChI=1S/C20H20N4O2/c1-13(20-23-17-6-4-5-7-18(17)26-20)12-22-19(25)15-8-14(11-21)9-16(10-15)24(2)3/h4-10,13H,12H2,1-3H3,(H,22,25). The highest BCUT2D eigenvalue weighted by molar-refractivity contribution is 5.95. The van der Waals surface area contributed by atoms with Gasteiger partial charge in [-0.2, -0.15) is 5.26 Å². The molecule has 132 valence electrons. The maximum Gasteiger partial charge on any atom is 0.251 e. The van der Waals surface area contributed by atoms with Crippen molar-refractivity contribution in [3.8, 4) is 6.07 Å². The van der Waals surface area contributed by atoms with Crippen LogP contribution in [0.25, 0.3) is 11.1 Å². The molecule has 2 aromatic carbocycles. The number of nitrogens with zero attached hydrogens (tertiary/aromatic N) is 3. The number of anilines is 1. The third-order valence-electron chi connectivity index (χ3n) is 4.13. The van der Waals surface area contributed by atoms with E-state index >= 15 is 0 Å². The van der Waals surface area contributed by atoms with Crippen LogP contribution < -0.4 is 10.2 Å². The second-order valence-corrected chi connectivity index (χ2v) is 6.41. The number of carbonyl (C=O) groups is 1. The first-order valence-electron chi connectivity index (χ1n) is 8.34.